The van der Waals surface area contributed by atoms with Gasteiger partial charge in [-0.05, 0) is 24.6 Å². The maximum atomic E-state index is 12.2. The Labute approximate surface area is 133 Å². The first-order chi connectivity index (χ1) is 10.7. The zero-order valence-corrected chi connectivity index (χ0v) is 12.5. The standard InChI is InChI=1S/C16H16ClN3O2/c17-12-4-2-11(3-5-12)14-8-15(20-19-14)16(22)18-13-6-1-10(7-13)9-21/h1-6,8,10,13,21H,7,9H2,(H,18,22)(H,19,20)/t10-,13+/m0/s1. The van der Waals surface area contributed by atoms with Crippen LogP contribution in [0.25, 0.3) is 11.3 Å². The topological polar surface area (TPSA) is 78.0 Å². The third-order valence-electron chi connectivity index (χ3n) is 3.69. The molecule has 6 heteroatoms. The second-order valence-electron chi connectivity index (χ2n) is 5.32. The summed E-state index contributed by atoms with van der Waals surface area (Å²) in [5.74, 6) is -0.0855. The molecular weight excluding hydrogens is 302 g/mol. The molecule has 0 saturated carbocycles. The van der Waals surface area contributed by atoms with Crippen molar-refractivity contribution in [2.24, 2.45) is 5.92 Å². The van der Waals surface area contributed by atoms with Crippen LogP contribution in [0, 0.1) is 5.92 Å². The molecule has 0 unspecified atom stereocenters. The van der Waals surface area contributed by atoms with E-state index >= 15 is 0 Å². The Bertz CT molecular complexity index is 694. The molecule has 5 nitrogen and oxygen atoms in total. The first kappa shape index (κ1) is 14.8. The van der Waals surface area contributed by atoms with E-state index in [9.17, 15) is 4.79 Å². The van der Waals surface area contributed by atoms with Gasteiger partial charge in [0.05, 0.1) is 5.69 Å². The van der Waals surface area contributed by atoms with Gasteiger partial charge < -0.3 is 10.4 Å². The zero-order valence-electron chi connectivity index (χ0n) is 11.8. The van der Waals surface area contributed by atoms with Gasteiger partial charge in [-0.1, -0.05) is 35.9 Å². The lowest BCUT2D eigenvalue weighted by molar-refractivity contribution is 0.0936. The first-order valence-corrected chi connectivity index (χ1v) is 7.45. The maximum Gasteiger partial charge on any atom is 0.269 e. The fourth-order valence-electron chi connectivity index (χ4n) is 2.47. The zero-order chi connectivity index (χ0) is 15.5. The van der Waals surface area contributed by atoms with Gasteiger partial charge in [0.1, 0.15) is 5.69 Å². The van der Waals surface area contributed by atoms with E-state index in [4.69, 9.17) is 16.7 Å². The van der Waals surface area contributed by atoms with Gasteiger partial charge in [-0.2, -0.15) is 5.10 Å². The highest BCUT2D eigenvalue weighted by Gasteiger charge is 2.21. The van der Waals surface area contributed by atoms with Crippen LogP contribution in [0.5, 0.6) is 0 Å². The number of nitrogens with one attached hydrogen (secondary N) is 2. The second kappa shape index (κ2) is 6.34. The Morgan fingerprint density at radius 2 is 2.14 bits per heavy atom. The molecule has 1 aromatic carbocycles. The molecule has 1 aliphatic rings. The van der Waals surface area contributed by atoms with E-state index in [1.165, 1.54) is 0 Å². The quantitative estimate of drug-likeness (QED) is 0.758. The molecule has 2 atom stereocenters. The van der Waals surface area contributed by atoms with Gasteiger partial charge in [0.2, 0.25) is 0 Å². The number of aromatic nitrogens is 2. The number of aliphatic hydroxyl groups excluding tert-OH is 1. The van der Waals surface area contributed by atoms with Gasteiger partial charge in [0.25, 0.3) is 5.91 Å². The summed E-state index contributed by atoms with van der Waals surface area (Å²) in [6.07, 6.45) is 4.56. The minimum Gasteiger partial charge on any atom is -0.396 e. The first-order valence-electron chi connectivity index (χ1n) is 7.07. The van der Waals surface area contributed by atoms with Gasteiger partial charge in [-0.25, -0.2) is 0 Å². The average Bonchev–Trinajstić information content (AvgIpc) is 3.17. The molecule has 3 N–H and O–H groups in total. The van der Waals surface area contributed by atoms with Crippen LogP contribution in [-0.2, 0) is 0 Å². The van der Waals surface area contributed by atoms with E-state index in [0.29, 0.717) is 16.4 Å². The van der Waals surface area contributed by atoms with Crippen molar-refractivity contribution in [1.29, 1.82) is 0 Å². The Morgan fingerprint density at radius 1 is 1.36 bits per heavy atom. The summed E-state index contributed by atoms with van der Waals surface area (Å²) < 4.78 is 0. The molecule has 0 aliphatic heterocycles. The van der Waals surface area contributed by atoms with Crippen molar-refractivity contribution < 1.29 is 9.90 Å². The van der Waals surface area contributed by atoms with Crippen molar-refractivity contribution in [2.75, 3.05) is 6.61 Å². The molecule has 1 aromatic heterocycles. The minimum atomic E-state index is -0.207. The normalized spacial score (nSPS) is 20.3. The SMILES string of the molecule is O=C(N[C@@H]1C=C[C@H](CO)C1)c1cc(-c2ccc(Cl)cc2)n[nH]1. The minimum absolute atomic E-state index is 0.0491. The van der Waals surface area contributed by atoms with Crippen molar-refractivity contribution >= 4 is 17.5 Å². The van der Waals surface area contributed by atoms with Gasteiger partial charge >= 0.3 is 0 Å². The highest BCUT2D eigenvalue weighted by atomic mass is 35.5. The summed E-state index contributed by atoms with van der Waals surface area (Å²) in [6.45, 7) is 0.105. The lowest BCUT2D eigenvalue weighted by atomic mass is 10.1. The largest absolute Gasteiger partial charge is 0.396 e. The fourth-order valence-corrected chi connectivity index (χ4v) is 2.60. The summed E-state index contributed by atoms with van der Waals surface area (Å²) >= 11 is 5.86. The Morgan fingerprint density at radius 3 is 2.82 bits per heavy atom. The summed E-state index contributed by atoms with van der Waals surface area (Å²) in [5.41, 5.74) is 1.99. The Balaban J connectivity index is 1.67. The lowest BCUT2D eigenvalue weighted by Crippen LogP contribution is -2.33. The van der Waals surface area contributed by atoms with E-state index < -0.39 is 0 Å². The summed E-state index contributed by atoms with van der Waals surface area (Å²) in [7, 11) is 0. The average molecular weight is 318 g/mol. The number of hydrogen-bond donors (Lipinski definition) is 3. The van der Waals surface area contributed by atoms with Gasteiger partial charge in [0, 0.05) is 29.2 Å². The molecule has 114 valence electrons. The molecule has 2 aromatic rings. The van der Waals surface area contributed by atoms with E-state index in [1.54, 1.807) is 18.2 Å². The van der Waals surface area contributed by atoms with Gasteiger partial charge in [0.15, 0.2) is 0 Å². The number of benzene rings is 1. The van der Waals surface area contributed by atoms with Crippen LogP contribution in [0.2, 0.25) is 5.02 Å². The summed E-state index contributed by atoms with van der Waals surface area (Å²) in [4.78, 5) is 12.2. The van der Waals surface area contributed by atoms with Gasteiger partial charge in [-0.3, -0.25) is 9.89 Å². The predicted octanol–water partition coefficient (Wildman–Crippen LogP) is 2.40. The third-order valence-corrected chi connectivity index (χ3v) is 3.94. The van der Waals surface area contributed by atoms with Crippen LogP contribution in [0.15, 0.2) is 42.5 Å². The van der Waals surface area contributed by atoms with E-state index in [1.807, 2.05) is 24.3 Å². The highest BCUT2D eigenvalue weighted by Crippen LogP contribution is 2.21. The Kier molecular flexibility index (Phi) is 4.27. The third kappa shape index (κ3) is 3.21. The molecule has 3 rings (SSSR count). The van der Waals surface area contributed by atoms with E-state index in [-0.39, 0.29) is 24.5 Å². The molecule has 1 amide bonds. The molecule has 0 fully saturated rings. The van der Waals surface area contributed by atoms with Crippen LogP contribution in [-0.4, -0.2) is 33.9 Å². The van der Waals surface area contributed by atoms with Crippen molar-refractivity contribution in [3.05, 3.63) is 53.2 Å². The number of rotatable bonds is 4. The molecule has 22 heavy (non-hydrogen) atoms. The molecule has 0 bridgehead atoms. The van der Waals surface area contributed by atoms with Crippen molar-refractivity contribution in [3.8, 4) is 11.3 Å². The number of aliphatic hydroxyl groups is 1. The predicted molar refractivity (Wildman–Crippen MR) is 84.6 cm³/mol. The van der Waals surface area contributed by atoms with Crippen LogP contribution in [0.1, 0.15) is 16.9 Å². The smallest absolute Gasteiger partial charge is 0.269 e. The monoisotopic (exact) mass is 317 g/mol. The van der Waals surface area contributed by atoms with E-state index in [2.05, 4.69) is 15.5 Å². The molecule has 0 radical (unpaired) electrons. The second-order valence-corrected chi connectivity index (χ2v) is 5.75. The maximum absolute atomic E-state index is 12.2. The number of nitrogens with zero attached hydrogens (tertiary/aromatic N) is 1. The van der Waals surface area contributed by atoms with Crippen LogP contribution >= 0.6 is 11.6 Å². The van der Waals surface area contributed by atoms with Crippen molar-refractivity contribution in [2.45, 2.75) is 12.5 Å². The molecule has 1 heterocycles. The van der Waals surface area contributed by atoms with Crippen molar-refractivity contribution in [1.82, 2.24) is 15.5 Å². The number of carbonyl (C=O) groups is 1. The Hall–Kier alpha value is -2.11. The molecular formula is C16H16ClN3O2. The number of amides is 1. The molecule has 1 aliphatic carbocycles. The molecule has 0 spiro atoms. The number of aromatic amines is 1. The number of hydrogen-bond acceptors (Lipinski definition) is 3. The van der Waals surface area contributed by atoms with Crippen LogP contribution in [0.3, 0.4) is 0 Å². The number of H-pyrrole nitrogens is 1. The molecule has 0 saturated heterocycles. The van der Waals surface area contributed by atoms with Crippen LogP contribution < -0.4 is 5.32 Å². The van der Waals surface area contributed by atoms with Gasteiger partial charge in [-0.15, -0.1) is 0 Å². The fraction of sp³-hybridized carbons (Fsp3) is 0.250. The number of carbonyl (C=O) groups excluding carboxylic acids is 1. The van der Waals surface area contributed by atoms with Crippen molar-refractivity contribution in [3.63, 3.8) is 0 Å². The lowest BCUT2D eigenvalue weighted by Gasteiger charge is -2.11. The van der Waals surface area contributed by atoms with Crippen LogP contribution in [0.4, 0.5) is 0 Å². The van der Waals surface area contributed by atoms with E-state index in [0.717, 1.165) is 12.0 Å². The summed E-state index contributed by atoms with van der Waals surface area (Å²) in [6, 6.07) is 8.93. The number of halogens is 1. The summed E-state index contributed by atoms with van der Waals surface area (Å²) in [5, 5.41) is 19.6. The highest BCUT2D eigenvalue weighted by molar-refractivity contribution is 6.30.